The van der Waals surface area contributed by atoms with Gasteiger partial charge in [0.05, 0.1) is 0 Å². The summed E-state index contributed by atoms with van der Waals surface area (Å²) in [5.41, 5.74) is 10.7. The van der Waals surface area contributed by atoms with Crippen molar-refractivity contribution in [3.8, 4) is 0 Å². The lowest BCUT2D eigenvalue weighted by molar-refractivity contribution is -0.112. The van der Waals surface area contributed by atoms with Crippen LogP contribution in [-0.2, 0) is 10.3 Å². The van der Waals surface area contributed by atoms with Crippen molar-refractivity contribution < 1.29 is 4.79 Å². The van der Waals surface area contributed by atoms with Crippen LogP contribution in [-0.4, -0.2) is 12.2 Å². The Bertz CT molecular complexity index is 371. The largest absolute Gasteiger partial charge is 0.370 e. The molecular formula is C12H17N3O. The van der Waals surface area contributed by atoms with Crippen molar-refractivity contribution in [2.24, 2.45) is 16.5 Å². The molecule has 4 N–H and O–H groups in total. The molecule has 16 heavy (non-hydrogen) atoms. The van der Waals surface area contributed by atoms with Crippen LogP contribution in [0, 0.1) is 0 Å². The Morgan fingerprint density at radius 2 is 2.00 bits per heavy atom. The minimum Gasteiger partial charge on any atom is -0.370 e. The van der Waals surface area contributed by atoms with Gasteiger partial charge >= 0.3 is 0 Å². The normalized spacial score (nSPS) is 13.8. The van der Waals surface area contributed by atoms with Crippen molar-refractivity contribution in [1.82, 2.24) is 0 Å². The van der Waals surface area contributed by atoms with Crippen LogP contribution in [0.2, 0.25) is 0 Å². The van der Waals surface area contributed by atoms with Crippen LogP contribution in [0.4, 0.5) is 0 Å². The van der Waals surface area contributed by atoms with Crippen LogP contribution in [0.15, 0.2) is 35.3 Å². The summed E-state index contributed by atoms with van der Waals surface area (Å²) in [6.45, 7) is 1.99. The number of aliphatic imine (C=N–C) groups is 1. The molecule has 0 unspecified atom stereocenters. The molecule has 0 heterocycles. The van der Waals surface area contributed by atoms with E-state index in [0.29, 0.717) is 6.42 Å². The summed E-state index contributed by atoms with van der Waals surface area (Å²) in [6, 6.07) is 9.34. The van der Waals surface area contributed by atoms with Gasteiger partial charge in [0.1, 0.15) is 5.54 Å². The SMILES string of the molecule is CCC[C@@](C=O)(N=C(N)N)c1ccccc1. The summed E-state index contributed by atoms with van der Waals surface area (Å²) in [6.07, 6.45) is 2.23. The highest BCUT2D eigenvalue weighted by Gasteiger charge is 2.30. The molecule has 0 amide bonds. The molecule has 0 aliphatic heterocycles. The zero-order chi connectivity index (χ0) is 12.0. The molecule has 0 bridgehead atoms. The van der Waals surface area contributed by atoms with Gasteiger partial charge in [-0.15, -0.1) is 0 Å². The number of hydrogen-bond acceptors (Lipinski definition) is 2. The molecule has 4 heteroatoms. The number of nitrogens with zero attached hydrogens (tertiary/aromatic N) is 1. The van der Waals surface area contributed by atoms with Crippen LogP contribution in [0.5, 0.6) is 0 Å². The summed E-state index contributed by atoms with van der Waals surface area (Å²) in [5.74, 6) is -0.0654. The van der Waals surface area contributed by atoms with E-state index >= 15 is 0 Å². The lowest BCUT2D eigenvalue weighted by Gasteiger charge is -2.23. The molecule has 1 aromatic carbocycles. The number of guanidine groups is 1. The minimum absolute atomic E-state index is 0.0654. The standard InChI is InChI=1S/C12H17N3O/c1-2-8-12(9-16,15-11(13)14)10-6-4-3-5-7-10/h3-7,9H,2,8H2,1H3,(H4,13,14,15)/t12-/m0/s1. The molecule has 1 aromatic rings. The maximum absolute atomic E-state index is 11.3. The topological polar surface area (TPSA) is 81.5 Å². The predicted molar refractivity (Wildman–Crippen MR) is 64.9 cm³/mol. The molecule has 0 saturated heterocycles. The highest BCUT2D eigenvalue weighted by molar-refractivity contribution is 5.80. The Morgan fingerprint density at radius 1 is 1.38 bits per heavy atom. The van der Waals surface area contributed by atoms with E-state index in [0.717, 1.165) is 18.3 Å². The average Bonchev–Trinajstić information content (AvgIpc) is 2.29. The fourth-order valence-electron chi connectivity index (χ4n) is 1.76. The third kappa shape index (κ3) is 2.59. The van der Waals surface area contributed by atoms with Crippen molar-refractivity contribution in [3.05, 3.63) is 35.9 Å². The number of carbonyl (C=O) groups is 1. The van der Waals surface area contributed by atoms with Gasteiger partial charge in [0.15, 0.2) is 12.2 Å². The van der Waals surface area contributed by atoms with Crippen molar-refractivity contribution in [1.29, 1.82) is 0 Å². The molecule has 0 radical (unpaired) electrons. The lowest BCUT2D eigenvalue weighted by atomic mass is 9.87. The van der Waals surface area contributed by atoms with Gasteiger partial charge in [0, 0.05) is 0 Å². The van der Waals surface area contributed by atoms with Gasteiger partial charge in [-0.3, -0.25) is 0 Å². The molecule has 0 aromatic heterocycles. The minimum atomic E-state index is -0.936. The molecule has 0 saturated carbocycles. The molecule has 86 valence electrons. The number of benzene rings is 1. The summed E-state index contributed by atoms with van der Waals surface area (Å²) < 4.78 is 0. The fourth-order valence-corrected chi connectivity index (χ4v) is 1.76. The Hall–Kier alpha value is -1.84. The second-order valence-corrected chi connectivity index (χ2v) is 3.69. The monoisotopic (exact) mass is 219 g/mol. The van der Waals surface area contributed by atoms with Crippen LogP contribution >= 0.6 is 0 Å². The molecule has 1 rings (SSSR count). The third-order valence-corrected chi connectivity index (χ3v) is 2.43. The van der Waals surface area contributed by atoms with Gasteiger partial charge in [0.2, 0.25) is 0 Å². The first-order chi connectivity index (χ1) is 7.64. The maximum Gasteiger partial charge on any atom is 0.187 e. The molecule has 0 fully saturated rings. The highest BCUT2D eigenvalue weighted by Crippen LogP contribution is 2.28. The summed E-state index contributed by atoms with van der Waals surface area (Å²) in [7, 11) is 0. The van der Waals surface area contributed by atoms with Crippen LogP contribution < -0.4 is 11.5 Å². The lowest BCUT2D eigenvalue weighted by Crippen LogP contribution is -2.33. The third-order valence-electron chi connectivity index (χ3n) is 2.43. The van der Waals surface area contributed by atoms with Gasteiger partial charge in [0.25, 0.3) is 0 Å². The molecule has 0 aliphatic rings. The fraction of sp³-hybridized carbons (Fsp3) is 0.333. The first kappa shape index (κ1) is 12.2. The molecular weight excluding hydrogens is 202 g/mol. The Balaban J connectivity index is 3.22. The molecule has 1 atom stereocenters. The summed E-state index contributed by atoms with van der Waals surface area (Å²) in [5, 5.41) is 0. The van der Waals surface area contributed by atoms with Crippen LogP contribution in [0.1, 0.15) is 25.3 Å². The van der Waals surface area contributed by atoms with Crippen LogP contribution in [0.3, 0.4) is 0 Å². The molecule has 0 spiro atoms. The number of rotatable bonds is 5. The zero-order valence-electron chi connectivity index (χ0n) is 9.39. The second-order valence-electron chi connectivity index (χ2n) is 3.69. The van der Waals surface area contributed by atoms with E-state index in [1.807, 2.05) is 37.3 Å². The Kier molecular flexibility index (Phi) is 4.05. The quantitative estimate of drug-likeness (QED) is 0.443. The van der Waals surface area contributed by atoms with Crippen molar-refractivity contribution in [3.63, 3.8) is 0 Å². The summed E-state index contributed by atoms with van der Waals surface area (Å²) >= 11 is 0. The van der Waals surface area contributed by atoms with Crippen molar-refractivity contribution in [2.75, 3.05) is 0 Å². The van der Waals surface area contributed by atoms with E-state index in [4.69, 9.17) is 11.5 Å². The van der Waals surface area contributed by atoms with E-state index in [1.165, 1.54) is 0 Å². The van der Waals surface area contributed by atoms with E-state index in [9.17, 15) is 4.79 Å². The van der Waals surface area contributed by atoms with Crippen molar-refractivity contribution in [2.45, 2.75) is 25.3 Å². The number of aldehydes is 1. The van der Waals surface area contributed by atoms with E-state index in [1.54, 1.807) is 0 Å². The van der Waals surface area contributed by atoms with Gasteiger partial charge < -0.3 is 16.3 Å². The number of carbonyl (C=O) groups excluding carboxylic acids is 1. The average molecular weight is 219 g/mol. The van der Waals surface area contributed by atoms with E-state index < -0.39 is 5.54 Å². The number of nitrogens with two attached hydrogens (primary N) is 2. The zero-order valence-corrected chi connectivity index (χ0v) is 9.39. The van der Waals surface area contributed by atoms with Crippen molar-refractivity contribution >= 4 is 12.2 Å². The van der Waals surface area contributed by atoms with Gasteiger partial charge in [-0.25, -0.2) is 4.99 Å². The van der Waals surface area contributed by atoms with Gasteiger partial charge in [-0.2, -0.15) is 0 Å². The Labute approximate surface area is 95.4 Å². The second kappa shape index (κ2) is 5.30. The maximum atomic E-state index is 11.3. The smallest absolute Gasteiger partial charge is 0.187 e. The predicted octanol–water partition coefficient (Wildman–Crippen LogP) is 1.15. The van der Waals surface area contributed by atoms with Gasteiger partial charge in [-0.1, -0.05) is 43.7 Å². The first-order valence-corrected chi connectivity index (χ1v) is 5.27. The highest BCUT2D eigenvalue weighted by atomic mass is 16.1. The molecule has 4 nitrogen and oxygen atoms in total. The van der Waals surface area contributed by atoms with E-state index in [-0.39, 0.29) is 5.96 Å². The number of hydrogen-bond donors (Lipinski definition) is 2. The van der Waals surface area contributed by atoms with Gasteiger partial charge in [-0.05, 0) is 12.0 Å². The molecule has 0 aliphatic carbocycles. The summed E-state index contributed by atoms with van der Waals surface area (Å²) in [4.78, 5) is 15.4. The Morgan fingerprint density at radius 3 is 2.44 bits per heavy atom. The first-order valence-electron chi connectivity index (χ1n) is 5.27. The van der Waals surface area contributed by atoms with E-state index in [2.05, 4.69) is 4.99 Å². The van der Waals surface area contributed by atoms with Crippen LogP contribution in [0.25, 0.3) is 0 Å².